The molecule has 0 N–H and O–H groups in total. The second kappa shape index (κ2) is 6.51. The average Bonchev–Trinajstić information content (AvgIpc) is 2.46. The summed E-state index contributed by atoms with van der Waals surface area (Å²) in [5.74, 6) is -3.30. The van der Waals surface area contributed by atoms with Crippen LogP contribution >= 0.6 is 0 Å². The molecule has 23 heavy (non-hydrogen) atoms. The molecule has 0 aliphatic heterocycles. The maximum Gasteiger partial charge on any atom is 0.346 e. The molecule has 0 amide bonds. The summed E-state index contributed by atoms with van der Waals surface area (Å²) in [7, 11) is 0. The van der Waals surface area contributed by atoms with Crippen LogP contribution in [-0.2, 0) is 0 Å². The van der Waals surface area contributed by atoms with Crippen molar-refractivity contribution in [2.24, 2.45) is 0 Å². The second-order valence-electron chi connectivity index (χ2n) is 5.15. The van der Waals surface area contributed by atoms with E-state index in [1.165, 1.54) is 12.1 Å². The lowest BCUT2D eigenvalue weighted by atomic mass is 10.0. The van der Waals surface area contributed by atoms with Crippen molar-refractivity contribution in [1.29, 1.82) is 0 Å². The number of ether oxygens (including phenoxy) is 1. The van der Waals surface area contributed by atoms with Crippen LogP contribution in [0.2, 0.25) is 0 Å². The van der Waals surface area contributed by atoms with Gasteiger partial charge in [0.05, 0.1) is 10.5 Å². The number of nitrogens with zero attached hydrogens (tertiary/aromatic N) is 1. The molecule has 0 radical (unpaired) electrons. The summed E-state index contributed by atoms with van der Waals surface area (Å²) in [5, 5.41) is 11.0. The van der Waals surface area contributed by atoms with Crippen molar-refractivity contribution < 1.29 is 23.2 Å². The molecule has 0 aliphatic rings. The first-order chi connectivity index (χ1) is 10.8. The Morgan fingerprint density at radius 2 is 1.87 bits per heavy atom. The quantitative estimate of drug-likeness (QED) is 0.366. The van der Waals surface area contributed by atoms with E-state index in [1.54, 1.807) is 6.07 Å². The molecule has 2 rings (SSSR count). The fourth-order valence-corrected chi connectivity index (χ4v) is 1.93. The molecule has 0 saturated carbocycles. The molecule has 7 heteroatoms. The minimum atomic E-state index is -1.13. The largest absolute Gasteiger partial charge is 0.415 e. The highest BCUT2D eigenvalue weighted by Gasteiger charge is 2.22. The highest BCUT2D eigenvalue weighted by molar-refractivity contribution is 5.91. The number of esters is 1. The summed E-state index contributed by atoms with van der Waals surface area (Å²) in [5.41, 5.74) is -0.195. The van der Waals surface area contributed by atoms with Crippen LogP contribution in [0.3, 0.4) is 0 Å². The molecule has 2 aromatic carbocycles. The van der Waals surface area contributed by atoms with Crippen LogP contribution in [0.25, 0.3) is 0 Å². The highest BCUT2D eigenvalue weighted by Crippen LogP contribution is 2.31. The summed E-state index contributed by atoms with van der Waals surface area (Å²) >= 11 is 0. The van der Waals surface area contributed by atoms with Crippen LogP contribution in [0.5, 0.6) is 5.75 Å². The molecule has 0 aromatic heterocycles. The van der Waals surface area contributed by atoms with Crippen molar-refractivity contribution in [3.8, 4) is 5.75 Å². The van der Waals surface area contributed by atoms with E-state index in [9.17, 15) is 23.7 Å². The van der Waals surface area contributed by atoms with Gasteiger partial charge in [0, 0.05) is 12.1 Å². The lowest BCUT2D eigenvalue weighted by molar-refractivity contribution is -0.385. The van der Waals surface area contributed by atoms with Gasteiger partial charge in [-0.15, -0.1) is 0 Å². The summed E-state index contributed by atoms with van der Waals surface area (Å²) in [6.45, 7) is 3.73. The first-order valence-electron chi connectivity index (χ1n) is 6.75. The van der Waals surface area contributed by atoms with Crippen LogP contribution in [0.1, 0.15) is 35.7 Å². The van der Waals surface area contributed by atoms with Crippen molar-refractivity contribution in [2.75, 3.05) is 0 Å². The van der Waals surface area contributed by atoms with Crippen molar-refractivity contribution in [3.05, 3.63) is 69.3 Å². The maximum atomic E-state index is 13.6. The topological polar surface area (TPSA) is 69.4 Å². The van der Waals surface area contributed by atoms with Gasteiger partial charge in [-0.05, 0) is 29.7 Å². The van der Waals surface area contributed by atoms with Gasteiger partial charge in [0.1, 0.15) is 11.6 Å². The third kappa shape index (κ3) is 3.68. The van der Waals surface area contributed by atoms with E-state index >= 15 is 0 Å². The Kier molecular flexibility index (Phi) is 4.68. The molecule has 0 aliphatic carbocycles. The molecule has 2 aromatic rings. The van der Waals surface area contributed by atoms with Crippen molar-refractivity contribution in [1.82, 2.24) is 0 Å². The Balaban J connectivity index is 2.39. The van der Waals surface area contributed by atoms with Gasteiger partial charge in [-0.2, -0.15) is 0 Å². The fraction of sp³-hybridized carbons (Fsp3) is 0.188. The number of carbonyl (C=O) groups is 1. The number of benzene rings is 2. The predicted molar refractivity (Wildman–Crippen MR) is 78.5 cm³/mol. The van der Waals surface area contributed by atoms with Gasteiger partial charge < -0.3 is 4.74 Å². The van der Waals surface area contributed by atoms with Crippen LogP contribution in [0.4, 0.5) is 14.5 Å². The summed E-state index contributed by atoms with van der Waals surface area (Å²) in [6, 6.07) is 6.50. The fourth-order valence-electron chi connectivity index (χ4n) is 1.93. The molecular weight excluding hydrogens is 308 g/mol. The second-order valence-corrected chi connectivity index (χ2v) is 5.15. The molecule has 120 valence electrons. The highest BCUT2D eigenvalue weighted by atomic mass is 19.1. The number of nitro benzene ring substituents is 1. The molecule has 0 bridgehead atoms. The van der Waals surface area contributed by atoms with Crippen molar-refractivity contribution >= 4 is 11.7 Å². The van der Waals surface area contributed by atoms with Crippen LogP contribution < -0.4 is 4.74 Å². The van der Waals surface area contributed by atoms with Gasteiger partial charge in [0.15, 0.2) is 0 Å². The van der Waals surface area contributed by atoms with Gasteiger partial charge in [-0.1, -0.05) is 19.9 Å². The van der Waals surface area contributed by atoms with Crippen LogP contribution in [0, 0.1) is 21.7 Å². The zero-order chi connectivity index (χ0) is 17.1. The van der Waals surface area contributed by atoms with Gasteiger partial charge >= 0.3 is 11.7 Å². The summed E-state index contributed by atoms with van der Waals surface area (Å²) in [6.07, 6.45) is 0. The molecule has 5 nitrogen and oxygen atoms in total. The first-order valence-corrected chi connectivity index (χ1v) is 6.75. The third-order valence-corrected chi connectivity index (χ3v) is 3.20. The molecule has 0 heterocycles. The predicted octanol–water partition coefficient (Wildman–Crippen LogP) is 4.22. The maximum absolute atomic E-state index is 13.6. The SMILES string of the molecule is CC(C)c1ccc([N+](=O)[O-])c(OC(=O)c2ccc(F)cc2F)c1. The number of rotatable bonds is 4. The smallest absolute Gasteiger partial charge is 0.346 e. The van der Waals surface area contributed by atoms with E-state index < -0.39 is 33.8 Å². The molecular formula is C16H13F2NO4. The van der Waals surface area contributed by atoms with E-state index in [1.807, 2.05) is 13.8 Å². The number of halogens is 2. The Morgan fingerprint density at radius 3 is 2.43 bits per heavy atom. The number of nitro groups is 1. The Labute approximate surface area is 130 Å². The first kappa shape index (κ1) is 16.5. The van der Waals surface area contributed by atoms with E-state index in [2.05, 4.69) is 0 Å². The zero-order valence-corrected chi connectivity index (χ0v) is 12.4. The number of carbonyl (C=O) groups excluding carboxylic acids is 1. The molecule has 0 atom stereocenters. The standard InChI is InChI=1S/C16H13F2NO4/c1-9(2)10-3-6-14(19(21)22)15(7-10)23-16(20)12-5-4-11(17)8-13(12)18/h3-9H,1-2H3. The Hall–Kier alpha value is -2.83. The summed E-state index contributed by atoms with van der Waals surface area (Å²) < 4.78 is 31.4. The third-order valence-electron chi connectivity index (χ3n) is 3.20. The average molecular weight is 321 g/mol. The number of hydrogen-bond acceptors (Lipinski definition) is 4. The van der Waals surface area contributed by atoms with Crippen LogP contribution in [-0.4, -0.2) is 10.9 Å². The van der Waals surface area contributed by atoms with E-state index in [-0.39, 0.29) is 11.7 Å². The van der Waals surface area contributed by atoms with E-state index in [0.29, 0.717) is 6.07 Å². The zero-order valence-electron chi connectivity index (χ0n) is 12.4. The molecule has 0 saturated heterocycles. The lowest BCUT2D eigenvalue weighted by Gasteiger charge is -2.10. The van der Waals surface area contributed by atoms with E-state index in [4.69, 9.17) is 4.74 Å². The Morgan fingerprint density at radius 1 is 1.17 bits per heavy atom. The molecule has 0 fully saturated rings. The lowest BCUT2D eigenvalue weighted by Crippen LogP contribution is -2.12. The van der Waals surface area contributed by atoms with Crippen molar-refractivity contribution in [2.45, 2.75) is 19.8 Å². The van der Waals surface area contributed by atoms with Gasteiger partial charge in [-0.3, -0.25) is 10.1 Å². The molecule has 0 unspecified atom stereocenters. The minimum Gasteiger partial charge on any atom is -0.415 e. The van der Waals surface area contributed by atoms with Crippen LogP contribution in [0.15, 0.2) is 36.4 Å². The van der Waals surface area contributed by atoms with Gasteiger partial charge in [-0.25, -0.2) is 13.6 Å². The Bertz CT molecular complexity index is 775. The van der Waals surface area contributed by atoms with Crippen molar-refractivity contribution in [3.63, 3.8) is 0 Å². The molecule has 0 spiro atoms. The monoisotopic (exact) mass is 321 g/mol. The minimum absolute atomic E-state index is 0.0517. The summed E-state index contributed by atoms with van der Waals surface area (Å²) in [4.78, 5) is 22.3. The van der Waals surface area contributed by atoms with Gasteiger partial charge in [0.2, 0.25) is 5.75 Å². The van der Waals surface area contributed by atoms with Gasteiger partial charge in [0.25, 0.3) is 0 Å². The van der Waals surface area contributed by atoms with E-state index in [0.717, 1.165) is 17.7 Å². The number of hydrogen-bond donors (Lipinski definition) is 0. The normalized spacial score (nSPS) is 10.7.